The number of aryl methyl sites for hydroxylation is 1. The van der Waals surface area contributed by atoms with Crippen LogP contribution in [0.4, 0.5) is 11.4 Å². The van der Waals surface area contributed by atoms with Crippen LogP contribution in [0.25, 0.3) is 0 Å². The maximum atomic E-state index is 12.2. The molecule has 2 N–H and O–H groups in total. The lowest BCUT2D eigenvalue weighted by Crippen LogP contribution is -2.14. The molecule has 1 aliphatic carbocycles. The molecule has 0 saturated heterocycles. The van der Waals surface area contributed by atoms with Gasteiger partial charge in [0, 0.05) is 16.2 Å². The predicted octanol–water partition coefficient (Wildman–Crippen LogP) is 3.98. The Labute approximate surface area is 132 Å². The fraction of sp³-hybridized carbons (Fsp3) is 0.250. The Morgan fingerprint density at radius 3 is 2.62 bits per heavy atom. The van der Waals surface area contributed by atoms with E-state index in [0.717, 1.165) is 21.4 Å². The fourth-order valence-corrected chi connectivity index (χ4v) is 2.24. The van der Waals surface area contributed by atoms with Gasteiger partial charge >= 0.3 is 0 Å². The first-order chi connectivity index (χ1) is 10.1. The Hall–Kier alpha value is -1.88. The summed E-state index contributed by atoms with van der Waals surface area (Å²) >= 11 is 3.44. The zero-order valence-electron chi connectivity index (χ0n) is 11.7. The second-order valence-corrected chi connectivity index (χ2v) is 6.12. The van der Waals surface area contributed by atoms with Crippen LogP contribution < -0.4 is 10.6 Å². The Bertz CT molecular complexity index is 666. The number of pyridine rings is 1. The van der Waals surface area contributed by atoms with Gasteiger partial charge < -0.3 is 10.6 Å². The van der Waals surface area contributed by atoms with E-state index in [1.165, 1.54) is 12.8 Å². The molecule has 0 radical (unpaired) electrons. The molecule has 1 aromatic carbocycles. The molecule has 4 nitrogen and oxygen atoms in total. The highest BCUT2D eigenvalue weighted by molar-refractivity contribution is 9.10. The quantitative estimate of drug-likeness (QED) is 0.881. The van der Waals surface area contributed by atoms with Gasteiger partial charge in [0.15, 0.2) is 0 Å². The summed E-state index contributed by atoms with van der Waals surface area (Å²) in [4.78, 5) is 16.4. The second kappa shape index (κ2) is 5.85. The molecule has 21 heavy (non-hydrogen) atoms. The van der Waals surface area contributed by atoms with E-state index in [9.17, 15) is 4.79 Å². The lowest BCUT2D eigenvalue weighted by molar-refractivity contribution is 0.102. The van der Waals surface area contributed by atoms with Gasteiger partial charge in [0.25, 0.3) is 5.91 Å². The molecule has 1 aromatic heterocycles. The van der Waals surface area contributed by atoms with E-state index in [0.29, 0.717) is 11.7 Å². The smallest absolute Gasteiger partial charge is 0.274 e. The standard InChI is InChI=1S/C16H16BrN3O/c1-10-8-12(4-6-14(10)17)20-16(21)15-7-5-13(9-18-15)19-11-2-3-11/h4-9,11,19H,2-3H2,1H3,(H,20,21). The molecule has 1 fully saturated rings. The van der Waals surface area contributed by atoms with E-state index >= 15 is 0 Å². The third-order valence-corrected chi connectivity index (χ3v) is 4.25. The van der Waals surface area contributed by atoms with Gasteiger partial charge in [-0.25, -0.2) is 4.98 Å². The van der Waals surface area contributed by atoms with Crippen molar-refractivity contribution in [3.05, 3.63) is 52.3 Å². The third kappa shape index (κ3) is 3.61. The molecule has 1 saturated carbocycles. The third-order valence-electron chi connectivity index (χ3n) is 3.36. The van der Waals surface area contributed by atoms with E-state index in [1.807, 2.05) is 31.2 Å². The first kappa shape index (κ1) is 14.1. The minimum Gasteiger partial charge on any atom is -0.381 e. The molecule has 1 amide bonds. The van der Waals surface area contributed by atoms with Crippen molar-refractivity contribution in [2.24, 2.45) is 0 Å². The molecule has 0 spiro atoms. The van der Waals surface area contributed by atoms with Gasteiger partial charge in [-0.2, -0.15) is 0 Å². The van der Waals surface area contributed by atoms with Crippen molar-refractivity contribution in [3.8, 4) is 0 Å². The fourth-order valence-electron chi connectivity index (χ4n) is 1.99. The van der Waals surface area contributed by atoms with Crippen LogP contribution in [0.1, 0.15) is 28.9 Å². The van der Waals surface area contributed by atoms with Gasteiger partial charge in [0.2, 0.25) is 0 Å². The maximum absolute atomic E-state index is 12.2. The SMILES string of the molecule is Cc1cc(NC(=O)c2ccc(NC3CC3)cn2)ccc1Br. The molecule has 0 unspecified atom stereocenters. The van der Waals surface area contributed by atoms with Gasteiger partial charge in [0.05, 0.1) is 11.9 Å². The normalized spacial score (nSPS) is 13.8. The van der Waals surface area contributed by atoms with Crippen molar-refractivity contribution in [2.45, 2.75) is 25.8 Å². The van der Waals surface area contributed by atoms with E-state index in [2.05, 4.69) is 31.5 Å². The van der Waals surface area contributed by atoms with E-state index in [-0.39, 0.29) is 5.91 Å². The monoisotopic (exact) mass is 345 g/mol. The number of halogens is 1. The molecule has 1 aliphatic rings. The summed E-state index contributed by atoms with van der Waals surface area (Å²) in [6, 6.07) is 9.92. The predicted molar refractivity (Wildman–Crippen MR) is 87.7 cm³/mol. The van der Waals surface area contributed by atoms with Crippen LogP contribution >= 0.6 is 15.9 Å². The molecule has 0 bridgehead atoms. The minimum atomic E-state index is -0.199. The van der Waals surface area contributed by atoms with Crippen LogP contribution in [-0.2, 0) is 0 Å². The Morgan fingerprint density at radius 1 is 1.24 bits per heavy atom. The number of anilines is 2. The van der Waals surface area contributed by atoms with E-state index in [4.69, 9.17) is 0 Å². The number of carbonyl (C=O) groups is 1. The molecule has 0 atom stereocenters. The number of hydrogen-bond donors (Lipinski definition) is 2. The molecule has 0 aliphatic heterocycles. The molecular weight excluding hydrogens is 330 g/mol. The number of nitrogens with zero attached hydrogens (tertiary/aromatic N) is 1. The van der Waals surface area contributed by atoms with Crippen LogP contribution in [-0.4, -0.2) is 16.9 Å². The first-order valence-electron chi connectivity index (χ1n) is 6.92. The van der Waals surface area contributed by atoms with E-state index in [1.54, 1.807) is 12.3 Å². The number of carbonyl (C=O) groups excluding carboxylic acids is 1. The summed E-state index contributed by atoms with van der Waals surface area (Å²) < 4.78 is 1.02. The first-order valence-corrected chi connectivity index (χ1v) is 7.71. The number of amides is 1. The molecule has 5 heteroatoms. The highest BCUT2D eigenvalue weighted by Crippen LogP contribution is 2.24. The second-order valence-electron chi connectivity index (χ2n) is 5.27. The Morgan fingerprint density at radius 2 is 2.00 bits per heavy atom. The lowest BCUT2D eigenvalue weighted by atomic mass is 10.2. The van der Waals surface area contributed by atoms with Gasteiger partial charge in [-0.15, -0.1) is 0 Å². The van der Waals surface area contributed by atoms with Gasteiger partial charge in [-0.1, -0.05) is 15.9 Å². The van der Waals surface area contributed by atoms with Gasteiger partial charge in [-0.05, 0) is 55.7 Å². The number of hydrogen-bond acceptors (Lipinski definition) is 3. The summed E-state index contributed by atoms with van der Waals surface area (Å²) in [6.07, 6.45) is 4.14. The minimum absolute atomic E-state index is 0.199. The molecule has 1 heterocycles. The van der Waals surface area contributed by atoms with Crippen molar-refractivity contribution in [3.63, 3.8) is 0 Å². The highest BCUT2D eigenvalue weighted by Gasteiger charge is 2.20. The summed E-state index contributed by atoms with van der Waals surface area (Å²) in [7, 11) is 0. The molecular formula is C16H16BrN3O. The molecule has 3 rings (SSSR count). The van der Waals surface area contributed by atoms with Crippen molar-refractivity contribution in [2.75, 3.05) is 10.6 Å². The van der Waals surface area contributed by atoms with Crippen molar-refractivity contribution in [1.82, 2.24) is 4.98 Å². The number of benzene rings is 1. The average molecular weight is 346 g/mol. The molecule has 108 valence electrons. The summed E-state index contributed by atoms with van der Waals surface area (Å²) in [5, 5.41) is 6.20. The number of rotatable bonds is 4. The highest BCUT2D eigenvalue weighted by atomic mass is 79.9. The summed E-state index contributed by atoms with van der Waals surface area (Å²) in [5.74, 6) is -0.199. The van der Waals surface area contributed by atoms with Crippen molar-refractivity contribution in [1.29, 1.82) is 0 Å². The topological polar surface area (TPSA) is 54.0 Å². The lowest BCUT2D eigenvalue weighted by Gasteiger charge is -2.08. The summed E-state index contributed by atoms with van der Waals surface area (Å²) in [6.45, 7) is 1.98. The largest absolute Gasteiger partial charge is 0.381 e. The van der Waals surface area contributed by atoms with Crippen LogP contribution in [0.5, 0.6) is 0 Å². The van der Waals surface area contributed by atoms with Gasteiger partial charge in [0.1, 0.15) is 5.69 Å². The molecule has 2 aromatic rings. The Balaban J connectivity index is 1.67. The van der Waals surface area contributed by atoms with Crippen molar-refractivity contribution < 1.29 is 4.79 Å². The summed E-state index contributed by atoms with van der Waals surface area (Å²) in [5.41, 5.74) is 3.22. The van der Waals surface area contributed by atoms with Crippen LogP contribution in [0.15, 0.2) is 41.0 Å². The Kier molecular flexibility index (Phi) is 3.92. The van der Waals surface area contributed by atoms with Crippen LogP contribution in [0.3, 0.4) is 0 Å². The zero-order chi connectivity index (χ0) is 14.8. The number of nitrogens with one attached hydrogen (secondary N) is 2. The number of aromatic nitrogens is 1. The van der Waals surface area contributed by atoms with E-state index < -0.39 is 0 Å². The van der Waals surface area contributed by atoms with Crippen LogP contribution in [0, 0.1) is 6.92 Å². The van der Waals surface area contributed by atoms with Crippen molar-refractivity contribution >= 4 is 33.2 Å². The zero-order valence-corrected chi connectivity index (χ0v) is 13.3. The maximum Gasteiger partial charge on any atom is 0.274 e. The average Bonchev–Trinajstić information content (AvgIpc) is 3.28. The van der Waals surface area contributed by atoms with Gasteiger partial charge in [-0.3, -0.25) is 4.79 Å². The van der Waals surface area contributed by atoms with Crippen LogP contribution in [0.2, 0.25) is 0 Å².